The van der Waals surface area contributed by atoms with E-state index in [4.69, 9.17) is 14.5 Å². The molecule has 1 saturated heterocycles. The summed E-state index contributed by atoms with van der Waals surface area (Å²) in [7, 11) is 3.42. The van der Waals surface area contributed by atoms with Crippen molar-refractivity contribution < 1.29 is 13.9 Å². The maximum absolute atomic E-state index is 14.8. The molecule has 156 valence electrons. The quantitative estimate of drug-likeness (QED) is 0.513. The molecule has 0 saturated carbocycles. The van der Waals surface area contributed by atoms with E-state index in [0.29, 0.717) is 17.1 Å². The van der Waals surface area contributed by atoms with Crippen LogP contribution in [-0.2, 0) is 10.4 Å². The molecule has 31 heavy (non-hydrogen) atoms. The van der Waals surface area contributed by atoms with Gasteiger partial charge in [-0.05, 0) is 41.5 Å². The molecule has 0 radical (unpaired) electrons. The van der Waals surface area contributed by atoms with Gasteiger partial charge < -0.3 is 14.8 Å². The molecule has 0 unspecified atom stereocenters. The summed E-state index contributed by atoms with van der Waals surface area (Å²) in [5.74, 6) is 1.94. The summed E-state index contributed by atoms with van der Waals surface area (Å²) < 4.78 is 25.4. The van der Waals surface area contributed by atoms with E-state index in [1.54, 1.807) is 31.6 Å². The first-order valence-electron chi connectivity index (χ1n) is 9.97. The van der Waals surface area contributed by atoms with Gasteiger partial charge in [-0.15, -0.1) is 0 Å². The van der Waals surface area contributed by atoms with Crippen LogP contribution in [0.15, 0.2) is 60.9 Å². The van der Waals surface area contributed by atoms with Gasteiger partial charge in [-0.3, -0.25) is 4.98 Å². The number of pyridine rings is 1. The van der Waals surface area contributed by atoms with Gasteiger partial charge in [-0.1, -0.05) is 18.2 Å². The fourth-order valence-corrected chi connectivity index (χ4v) is 3.77. The summed E-state index contributed by atoms with van der Waals surface area (Å²) in [5.41, 5.74) is 2.60. The summed E-state index contributed by atoms with van der Waals surface area (Å²) in [4.78, 5) is 13.5. The number of hydrogen-bond donors (Lipinski definition) is 1. The molecule has 6 nitrogen and oxygen atoms in total. The first-order valence-corrected chi connectivity index (χ1v) is 9.97. The molecular formula is C24H21FN4O2. The average Bonchev–Trinajstić information content (AvgIpc) is 2.81. The van der Waals surface area contributed by atoms with Gasteiger partial charge in [0.1, 0.15) is 11.6 Å². The number of hydrogen-bond acceptors (Lipinski definition) is 6. The van der Waals surface area contributed by atoms with Crippen molar-refractivity contribution >= 4 is 16.7 Å². The molecule has 0 bridgehead atoms. The lowest BCUT2D eigenvalue weighted by Crippen LogP contribution is -2.42. The molecule has 1 fully saturated rings. The van der Waals surface area contributed by atoms with E-state index in [0.717, 1.165) is 33.4 Å². The third-order valence-electron chi connectivity index (χ3n) is 5.54. The van der Waals surface area contributed by atoms with Crippen LogP contribution < -0.4 is 10.1 Å². The van der Waals surface area contributed by atoms with Crippen LogP contribution in [-0.4, -0.2) is 42.3 Å². The first kappa shape index (κ1) is 19.4. The van der Waals surface area contributed by atoms with E-state index < -0.39 is 5.67 Å². The summed E-state index contributed by atoms with van der Waals surface area (Å²) in [5, 5.41) is 4.05. The van der Waals surface area contributed by atoms with Crippen LogP contribution in [0.4, 0.5) is 10.2 Å². The second-order valence-corrected chi connectivity index (χ2v) is 7.49. The lowest BCUT2D eigenvalue weighted by Gasteiger charge is -2.34. The zero-order valence-corrected chi connectivity index (χ0v) is 17.2. The standard InChI is InChI=1S/C24H21FN4O2/c1-26-23-19-10-15(5-8-20(19)28-22(29-23)16-4-3-9-27-12-16)18-7-6-17(11-21(18)30-2)24(25)13-31-14-24/h3-12H,13-14H2,1-2H3,(H,26,28,29). The third-order valence-corrected chi connectivity index (χ3v) is 5.54. The van der Waals surface area contributed by atoms with Gasteiger partial charge >= 0.3 is 0 Å². The highest BCUT2D eigenvalue weighted by molar-refractivity contribution is 5.94. The summed E-state index contributed by atoms with van der Waals surface area (Å²) in [6, 6.07) is 15.2. The topological polar surface area (TPSA) is 69.2 Å². The fraction of sp³-hybridized carbons (Fsp3) is 0.208. The monoisotopic (exact) mass is 416 g/mol. The third kappa shape index (κ3) is 3.37. The number of alkyl halides is 1. The van der Waals surface area contributed by atoms with E-state index in [9.17, 15) is 4.39 Å². The molecule has 1 N–H and O–H groups in total. The largest absolute Gasteiger partial charge is 0.496 e. The number of halogens is 1. The number of rotatable bonds is 5. The lowest BCUT2D eigenvalue weighted by atomic mass is 9.91. The second-order valence-electron chi connectivity index (χ2n) is 7.49. The Hall–Kier alpha value is -3.58. The Morgan fingerprint density at radius 1 is 1.06 bits per heavy atom. The van der Waals surface area contributed by atoms with Crippen molar-refractivity contribution in [3.63, 3.8) is 0 Å². The maximum Gasteiger partial charge on any atom is 0.182 e. The molecule has 3 heterocycles. The predicted octanol–water partition coefficient (Wildman–Crippen LogP) is 4.60. The molecule has 5 rings (SSSR count). The molecule has 1 aliphatic rings. The molecule has 4 aromatic rings. The zero-order chi connectivity index (χ0) is 21.4. The minimum atomic E-state index is -1.44. The summed E-state index contributed by atoms with van der Waals surface area (Å²) >= 11 is 0. The van der Waals surface area contributed by atoms with Gasteiger partial charge in [0.15, 0.2) is 11.5 Å². The van der Waals surface area contributed by atoms with Crippen molar-refractivity contribution in [2.75, 3.05) is 32.7 Å². The molecular weight excluding hydrogens is 395 g/mol. The van der Waals surface area contributed by atoms with Crippen LogP contribution in [0.3, 0.4) is 0 Å². The number of anilines is 1. The SMILES string of the molecule is CNc1nc(-c2cccnc2)nc2ccc(-c3ccc(C4(F)COC4)cc3OC)cc12. The Balaban J connectivity index is 1.60. The number of ether oxygens (including phenoxy) is 2. The highest BCUT2D eigenvalue weighted by Gasteiger charge is 2.41. The van der Waals surface area contributed by atoms with Gasteiger partial charge in [0, 0.05) is 36.0 Å². The van der Waals surface area contributed by atoms with Gasteiger partial charge in [-0.2, -0.15) is 0 Å². The Morgan fingerprint density at radius 2 is 1.94 bits per heavy atom. The molecule has 2 aromatic heterocycles. The van der Waals surface area contributed by atoms with Gasteiger partial charge in [0.2, 0.25) is 0 Å². The van der Waals surface area contributed by atoms with Crippen molar-refractivity contribution in [1.82, 2.24) is 15.0 Å². The summed E-state index contributed by atoms with van der Waals surface area (Å²) in [6.07, 6.45) is 3.46. The summed E-state index contributed by atoms with van der Waals surface area (Å²) in [6.45, 7) is 0.154. The van der Waals surface area contributed by atoms with Crippen LogP contribution >= 0.6 is 0 Å². The first-order chi connectivity index (χ1) is 15.1. The molecule has 0 amide bonds. The van der Waals surface area contributed by atoms with Crippen LogP contribution in [0.5, 0.6) is 5.75 Å². The Morgan fingerprint density at radius 3 is 2.61 bits per heavy atom. The predicted molar refractivity (Wildman–Crippen MR) is 118 cm³/mol. The molecule has 0 aliphatic carbocycles. The van der Waals surface area contributed by atoms with Crippen LogP contribution in [0, 0.1) is 0 Å². The zero-order valence-electron chi connectivity index (χ0n) is 17.2. The minimum absolute atomic E-state index is 0.0770. The maximum atomic E-state index is 14.8. The second kappa shape index (κ2) is 7.59. The van der Waals surface area contributed by atoms with E-state index >= 15 is 0 Å². The number of benzene rings is 2. The molecule has 7 heteroatoms. The van der Waals surface area contributed by atoms with Gasteiger partial charge in [0.25, 0.3) is 0 Å². The van der Waals surface area contributed by atoms with Crippen molar-refractivity contribution in [2.24, 2.45) is 0 Å². The van der Waals surface area contributed by atoms with E-state index in [2.05, 4.69) is 15.3 Å². The van der Waals surface area contributed by atoms with Crippen molar-refractivity contribution in [3.8, 4) is 28.3 Å². The Kier molecular flexibility index (Phi) is 4.75. The van der Waals surface area contributed by atoms with Crippen LogP contribution in [0.1, 0.15) is 5.56 Å². The molecule has 0 spiro atoms. The highest BCUT2D eigenvalue weighted by Crippen LogP contribution is 2.40. The number of nitrogens with one attached hydrogen (secondary N) is 1. The highest BCUT2D eigenvalue weighted by atomic mass is 19.1. The normalized spacial score (nSPS) is 14.8. The number of nitrogens with zero attached hydrogens (tertiary/aromatic N) is 3. The molecule has 1 aliphatic heterocycles. The Labute approximate surface area is 179 Å². The van der Waals surface area contributed by atoms with E-state index in [1.165, 1.54) is 0 Å². The number of aromatic nitrogens is 3. The average molecular weight is 416 g/mol. The van der Waals surface area contributed by atoms with Gasteiger partial charge in [-0.25, -0.2) is 14.4 Å². The minimum Gasteiger partial charge on any atom is -0.496 e. The van der Waals surface area contributed by atoms with Crippen molar-refractivity contribution in [2.45, 2.75) is 5.67 Å². The Bertz CT molecular complexity index is 1260. The fourth-order valence-electron chi connectivity index (χ4n) is 3.77. The smallest absolute Gasteiger partial charge is 0.182 e. The lowest BCUT2D eigenvalue weighted by molar-refractivity contribution is -0.135. The van der Waals surface area contributed by atoms with E-state index in [1.807, 2.05) is 43.4 Å². The van der Waals surface area contributed by atoms with Crippen molar-refractivity contribution in [1.29, 1.82) is 0 Å². The number of fused-ring (bicyclic) bond motifs is 1. The van der Waals surface area contributed by atoms with E-state index in [-0.39, 0.29) is 13.2 Å². The van der Waals surface area contributed by atoms with Gasteiger partial charge in [0.05, 0.1) is 25.8 Å². The van der Waals surface area contributed by atoms with Crippen molar-refractivity contribution in [3.05, 3.63) is 66.5 Å². The van der Waals surface area contributed by atoms with Crippen LogP contribution in [0.25, 0.3) is 33.4 Å². The number of methoxy groups -OCH3 is 1. The molecule has 2 aromatic carbocycles. The van der Waals surface area contributed by atoms with Crippen LogP contribution in [0.2, 0.25) is 0 Å². The molecule has 0 atom stereocenters.